The Bertz CT molecular complexity index is 679. The normalized spacial score (nSPS) is 16.2. The molecule has 2 amide bonds. The Hall–Kier alpha value is -3.06. The molecule has 22 heavy (non-hydrogen) atoms. The van der Waals surface area contributed by atoms with Gasteiger partial charge in [0.15, 0.2) is 5.41 Å². The van der Waals surface area contributed by atoms with Gasteiger partial charge in [-0.3, -0.25) is 4.79 Å². The average molecular weight is 298 g/mol. The number of carboxylic acids is 1. The Labute approximate surface area is 127 Å². The molecule has 0 bridgehead atoms. The minimum Gasteiger partial charge on any atom is -0.480 e. The Balaban J connectivity index is 2.00. The summed E-state index contributed by atoms with van der Waals surface area (Å²) in [6.45, 7) is 0.396. The van der Waals surface area contributed by atoms with E-state index in [-0.39, 0.29) is 32.0 Å². The Morgan fingerprint density at radius 2 is 1.95 bits per heavy atom. The van der Waals surface area contributed by atoms with Gasteiger partial charge in [0.25, 0.3) is 0 Å². The maximum atomic E-state index is 12.1. The lowest BCUT2D eigenvalue weighted by molar-refractivity contribution is -0.147. The molecule has 2 rings (SSSR count). The Kier molecular flexibility index (Phi) is 4.28. The summed E-state index contributed by atoms with van der Waals surface area (Å²) in [5.74, 6) is -1.14. The van der Waals surface area contributed by atoms with Crippen molar-refractivity contribution in [2.75, 3.05) is 18.4 Å². The lowest BCUT2D eigenvalue weighted by atomic mass is 9.80. The number of hydrogen-bond donors (Lipinski definition) is 2. The van der Waals surface area contributed by atoms with Crippen LogP contribution < -0.4 is 5.32 Å². The Morgan fingerprint density at radius 1 is 1.27 bits per heavy atom. The van der Waals surface area contributed by atoms with Gasteiger partial charge in [0.1, 0.15) is 0 Å². The predicted molar refractivity (Wildman–Crippen MR) is 76.7 cm³/mol. The molecule has 1 saturated heterocycles. The van der Waals surface area contributed by atoms with Crippen LogP contribution in [0.25, 0.3) is 0 Å². The fourth-order valence-corrected chi connectivity index (χ4v) is 2.33. The average Bonchev–Trinajstić information content (AvgIpc) is 2.54. The number of nitrogens with one attached hydrogen (secondary N) is 1. The summed E-state index contributed by atoms with van der Waals surface area (Å²) in [7, 11) is 0. The van der Waals surface area contributed by atoms with E-state index < -0.39 is 11.4 Å². The number of likely N-dealkylation sites (tertiary alicyclic amines) is 1. The highest BCUT2D eigenvalue weighted by molar-refractivity contribution is 5.90. The number of anilines is 1. The van der Waals surface area contributed by atoms with Gasteiger partial charge >= 0.3 is 12.0 Å². The van der Waals surface area contributed by atoms with E-state index in [1.165, 1.54) is 4.90 Å². The SMILES string of the molecule is N#Cc1cccc(NC(=O)N2CCC(C#N)(C(=O)O)CC2)c1. The van der Waals surface area contributed by atoms with Crippen molar-refractivity contribution in [3.63, 3.8) is 0 Å². The van der Waals surface area contributed by atoms with Crippen LogP contribution in [0.2, 0.25) is 0 Å². The molecule has 7 heteroatoms. The first-order valence-corrected chi connectivity index (χ1v) is 6.71. The monoisotopic (exact) mass is 298 g/mol. The molecule has 0 aliphatic carbocycles. The molecule has 0 spiro atoms. The first-order chi connectivity index (χ1) is 10.5. The number of amides is 2. The van der Waals surface area contributed by atoms with E-state index in [1.54, 1.807) is 24.3 Å². The number of nitriles is 2. The molecular weight excluding hydrogens is 284 g/mol. The highest BCUT2D eigenvalue weighted by Crippen LogP contribution is 2.31. The van der Waals surface area contributed by atoms with Crippen LogP contribution in [0.3, 0.4) is 0 Å². The number of piperidine rings is 1. The van der Waals surface area contributed by atoms with Crippen LogP contribution in [-0.2, 0) is 4.79 Å². The molecule has 1 heterocycles. The zero-order valence-electron chi connectivity index (χ0n) is 11.7. The largest absolute Gasteiger partial charge is 0.480 e. The number of rotatable bonds is 2. The van der Waals surface area contributed by atoms with Crippen LogP contribution in [0.15, 0.2) is 24.3 Å². The van der Waals surface area contributed by atoms with Crippen LogP contribution in [0, 0.1) is 28.1 Å². The minimum absolute atomic E-state index is 0.102. The highest BCUT2D eigenvalue weighted by Gasteiger charge is 2.42. The van der Waals surface area contributed by atoms with Gasteiger partial charge in [0, 0.05) is 18.8 Å². The summed E-state index contributed by atoms with van der Waals surface area (Å²) in [4.78, 5) is 24.8. The summed E-state index contributed by atoms with van der Waals surface area (Å²) in [6.07, 6.45) is 0.203. The van der Waals surface area contributed by atoms with Gasteiger partial charge in [-0.15, -0.1) is 0 Å². The quantitative estimate of drug-likeness (QED) is 0.863. The number of carboxylic acid groups (broad SMARTS) is 1. The van der Waals surface area contributed by atoms with E-state index >= 15 is 0 Å². The van der Waals surface area contributed by atoms with Gasteiger partial charge in [-0.1, -0.05) is 6.07 Å². The van der Waals surface area contributed by atoms with Crippen molar-refractivity contribution in [3.8, 4) is 12.1 Å². The number of urea groups is 1. The van der Waals surface area contributed by atoms with E-state index in [0.29, 0.717) is 11.3 Å². The maximum absolute atomic E-state index is 12.1. The van der Waals surface area contributed by atoms with Crippen LogP contribution in [0.4, 0.5) is 10.5 Å². The molecule has 7 nitrogen and oxygen atoms in total. The molecule has 1 aromatic carbocycles. The molecule has 1 aromatic rings. The van der Waals surface area contributed by atoms with Crippen LogP contribution in [-0.4, -0.2) is 35.1 Å². The fourth-order valence-electron chi connectivity index (χ4n) is 2.33. The third kappa shape index (κ3) is 2.99. The van der Waals surface area contributed by atoms with E-state index in [4.69, 9.17) is 15.6 Å². The molecule has 1 aliphatic heterocycles. The topological polar surface area (TPSA) is 117 Å². The number of carbonyl (C=O) groups is 2. The molecule has 1 fully saturated rings. The van der Waals surface area contributed by atoms with Gasteiger partial charge in [-0.2, -0.15) is 10.5 Å². The van der Waals surface area contributed by atoms with Crippen molar-refractivity contribution < 1.29 is 14.7 Å². The number of nitrogens with zero attached hydrogens (tertiary/aromatic N) is 3. The first-order valence-electron chi connectivity index (χ1n) is 6.71. The molecule has 1 aliphatic rings. The van der Waals surface area contributed by atoms with Crippen molar-refractivity contribution in [2.24, 2.45) is 5.41 Å². The summed E-state index contributed by atoms with van der Waals surface area (Å²) in [6, 6.07) is 9.98. The smallest absolute Gasteiger partial charge is 0.324 e. The second-order valence-corrected chi connectivity index (χ2v) is 5.11. The summed E-state index contributed by atoms with van der Waals surface area (Å²) in [5, 5.41) is 29.7. The summed E-state index contributed by atoms with van der Waals surface area (Å²) in [5.41, 5.74) is -0.470. The van der Waals surface area contributed by atoms with E-state index in [9.17, 15) is 9.59 Å². The van der Waals surface area contributed by atoms with Crippen molar-refractivity contribution in [3.05, 3.63) is 29.8 Å². The van der Waals surface area contributed by atoms with Crippen molar-refractivity contribution in [1.82, 2.24) is 4.90 Å². The number of aliphatic carboxylic acids is 1. The molecule has 2 N–H and O–H groups in total. The minimum atomic E-state index is -1.41. The van der Waals surface area contributed by atoms with Gasteiger partial charge in [-0.25, -0.2) is 4.79 Å². The second kappa shape index (κ2) is 6.15. The van der Waals surface area contributed by atoms with Crippen molar-refractivity contribution in [2.45, 2.75) is 12.8 Å². The molecule has 0 radical (unpaired) electrons. The van der Waals surface area contributed by atoms with Gasteiger partial charge in [0.05, 0.1) is 17.7 Å². The fraction of sp³-hybridized carbons (Fsp3) is 0.333. The highest BCUT2D eigenvalue weighted by atomic mass is 16.4. The lowest BCUT2D eigenvalue weighted by Crippen LogP contribution is -2.47. The third-order valence-electron chi connectivity index (χ3n) is 3.77. The van der Waals surface area contributed by atoms with Gasteiger partial charge < -0.3 is 15.3 Å². The lowest BCUT2D eigenvalue weighted by Gasteiger charge is -2.34. The zero-order chi connectivity index (χ0) is 16.2. The van der Waals surface area contributed by atoms with Gasteiger partial charge in [0.2, 0.25) is 0 Å². The van der Waals surface area contributed by atoms with Crippen LogP contribution in [0.1, 0.15) is 18.4 Å². The van der Waals surface area contributed by atoms with E-state index in [2.05, 4.69) is 5.32 Å². The molecule has 112 valence electrons. The molecule has 0 saturated carbocycles. The van der Waals surface area contributed by atoms with E-state index in [1.807, 2.05) is 12.1 Å². The summed E-state index contributed by atoms with van der Waals surface area (Å²) < 4.78 is 0. The number of hydrogen-bond acceptors (Lipinski definition) is 4. The zero-order valence-corrected chi connectivity index (χ0v) is 11.7. The number of carbonyl (C=O) groups excluding carboxylic acids is 1. The molecular formula is C15H14N4O3. The van der Waals surface area contributed by atoms with Gasteiger partial charge in [-0.05, 0) is 31.0 Å². The van der Waals surface area contributed by atoms with Crippen LogP contribution >= 0.6 is 0 Å². The molecule has 0 atom stereocenters. The Morgan fingerprint density at radius 3 is 2.50 bits per heavy atom. The van der Waals surface area contributed by atoms with E-state index in [0.717, 1.165) is 0 Å². The number of benzene rings is 1. The predicted octanol–water partition coefficient (Wildman–Crippen LogP) is 1.78. The van der Waals surface area contributed by atoms with Crippen LogP contribution in [0.5, 0.6) is 0 Å². The maximum Gasteiger partial charge on any atom is 0.324 e. The molecule has 0 unspecified atom stereocenters. The second-order valence-electron chi connectivity index (χ2n) is 5.11. The first kappa shape index (κ1) is 15.3. The van der Waals surface area contributed by atoms with Crippen molar-refractivity contribution in [1.29, 1.82) is 10.5 Å². The summed E-state index contributed by atoms with van der Waals surface area (Å²) >= 11 is 0. The van der Waals surface area contributed by atoms with Crippen molar-refractivity contribution >= 4 is 17.7 Å². The standard InChI is InChI=1S/C15H14N4O3/c16-9-11-2-1-3-12(8-11)18-14(22)19-6-4-15(10-17,5-7-19)13(20)21/h1-3,8H,4-7H2,(H,18,22)(H,20,21). The third-order valence-corrected chi connectivity index (χ3v) is 3.77. The molecule has 0 aromatic heterocycles.